The summed E-state index contributed by atoms with van der Waals surface area (Å²) in [4.78, 5) is 21.7. The molecule has 4 nitrogen and oxygen atoms in total. The quantitative estimate of drug-likeness (QED) is 0.760. The van der Waals surface area contributed by atoms with E-state index in [-0.39, 0.29) is 5.91 Å². The van der Waals surface area contributed by atoms with Crippen molar-refractivity contribution in [1.29, 1.82) is 0 Å². The van der Waals surface area contributed by atoms with E-state index in [9.17, 15) is 9.59 Å². The van der Waals surface area contributed by atoms with Gasteiger partial charge in [-0.2, -0.15) is 11.8 Å². The second-order valence-electron chi connectivity index (χ2n) is 4.06. The van der Waals surface area contributed by atoms with Gasteiger partial charge in [0.15, 0.2) is 0 Å². The van der Waals surface area contributed by atoms with Crippen LogP contribution in [0.25, 0.3) is 0 Å². The third-order valence-electron chi connectivity index (χ3n) is 2.41. The molecule has 19 heavy (non-hydrogen) atoms. The molecule has 0 heterocycles. The van der Waals surface area contributed by atoms with Gasteiger partial charge in [-0.05, 0) is 29.9 Å². The lowest BCUT2D eigenvalue weighted by Gasteiger charge is -2.12. The Bertz CT molecular complexity index is 436. The van der Waals surface area contributed by atoms with E-state index in [0.29, 0.717) is 17.2 Å². The molecule has 104 valence electrons. The summed E-state index contributed by atoms with van der Waals surface area (Å²) in [6.45, 7) is 1.32. The second-order valence-corrected chi connectivity index (χ2v) is 5.60. The first kappa shape index (κ1) is 15.9. The highest BCUT2D eigenvalue weighted by molar-refractivity contribution is 7.98. The first-order chi connectivity index (χ1) is 8.99. The molecular weight excluding hydrogens is 286 g/mol. The van der Waals surface area contributed by atoms with Crippen LogP contribution in [0.2, 0.25) is 5.02 Å². The third kappa shape index (κ3) is 6.50. The van der Waals surface area contributed by atoms with Crippen LogP contribution in [0.1, 0.15) is 18.9 Å². The zero-order valence-electron chi connectivity index (χ0n) is 10.6. The first-order valence-electron chi connectivity index (χ1n) is 5.81. The molecule has 0 fully saturated rings. The summed E-state index contributed by atoms with van der Waals surface area (Å²) in [6, 6.07) is 6.73. The normalized spacial score (nSPS) is 11.9. The van der Waals surface area contributed by atoms with Crippen molar-refractivity contribution in [2.24, 2.45) is 0 Å². The fourth-order valence-electron chi connectivity index (χ4n) is 1.47. The molecule has 0 saturated carbocycles. The molecule has 0 aliphatic carbocycles. The molecule has 6 heteroatoms. The standard InChI is InChI=1S/C13H16ClNO3S/c1-9(16)15-12(13(17)18)6-7-19-8-10-2-4-11(14)5-3-10/h2-5,12H,6-8H2,1H3,(H,15,16)(H,17,18). The fraction of sp³-hybridized carbons (Fsp3) is 0.385. The molecule has 0 aliphatic rings. The van der Waals surface area contributed by atoms with Gasteiger partial charge >= 0.3 is 5.97 Å². The van der Waals surface area contributed by atoms with Gasteiger partial charge in [0.25, 0.3) is 0 Å². The smallest absolute Gasteiger partial charge is 0.326 e. The van der Waals surface area contributed by atoms with Crippen molar-refractivity contribution in [2.75, 3.05) is 5.75 Å². The average molecular weight is 302 g/mol. The summed E-state index contributed by atoms with van der Waals surface area (Å²) in [5.41, 5.74) is 1.14. The van der Waals surface area contributed by atoms with E-state index < -0.39 is 12.0 Å². The molecule has 1 amide bonds. The molecule has 0 aliphatic heterocycles. The van der Waals surface area contributed by atoms with E-state index in [1.165, 1.54) is 6.92 Å². The van der Waals surface area contributed by atoms with Crippen LogP contribution >= 0.6 is 23.4 Å². The molecule has 1 atom stereocenters. The lowest BCUT2D eigenvalue weighted by atomic mass is 10.2. The van der Waals surface area contributed by atoms with E-state index in [1.54, 1.807) is 11.8 Å². The Kier molecular flexibility index (Phi) is 6.73. The van der Waals surface area contributed by atoms with Crippen LogP contribution in [0.3, 0.4) is 0 Å². The van der Waals surface area contributed by atoms with Crippen molar-refractivity contribution >= 4 is 35.2 Å². The number of benzene rings is 1. The zero-order valence-corrected chi connectivity index (χ0v) is 12.1. The Morgan fingerprint density at radius 3 is 2.53 bits per heavy atom. The number of halogens is 1. The van der Waals surface area contributed by atoms with Gasteiger partial charge in [-0.1, -0.05) is 23.7 Å². The predicted octanol–water partition coefficient (Wildman–Crippen LogP) is 2.55. The first-order valence-corrected chi connectivity index (χ1v) is 7.34. The number of aliphatic carboxylic acids is 1. The Morgan fingerprint density at radius 2 is 2.00 bits per heavy atom. The maximum absolute atomic E-state index is 10.9. The SMILES string of the molecule is CC(=O)NC(CCSCc1ccc(Cl)cc1)C(=O)O. The second kappa shape index (κ2) is 8.07. The maximum Gasteiger partial charge on any atom is 0.326 e. The van der Waals surface area contributed by atoms with E-state index >= 15 is 0 Å². The number of hydrogen-bond acceptors (Lipinski definition) is 3. The van der Waals surface area contributed by atoms with Gasteiger partial charge in [0.2, 0.25) is 5.91 Å². The van der Waals surface area contributed by atoms with E-state index in [1.807, 2.05) is 24.3 Å². The van der Waals surface area contributed by atoms with E-state index in [2.05, 4.69) is 5.32 Å². The number of carbonyl (C=O) groups is 2. The van der Waals surface area contributed by atoms with Crippen LogP contribution in [-0.4, -0.2) is 28.8 Å². The van der Waals surface area contributed by atoms with Gasteiger partial charge in [0.05, 0.1) is 0 Å². The molecule has 0 spiro atoms. The number of carbonyl (C=O) groups excluding carboxylic acids is 1. The lowest BCUT2D eigenvalue weighted by Crippen LogP contribution is -2.39. The molecule has 0 radical (unpaired) electrons. The summed E-state index contributed by atoms with van der Waals surface area (Å²) in [5.74, 6) is 0.140. The van der Waals surface area contributed by atoms with Gasteiger partial charge in [0.1, 0.15) is 6.04 Å². The summed E-state index contributed by atoms with van der Waals surface area (Å²) in [7, 11) is 0. The monoisotopic (exact) mass is 301 g/mol. The highest BCUT2D eigenvalue weighted by Crippen LogP contribution is 2.16. The number of amides is 1. The minimum absolute atomic E-state index is 0.324. The van der Waals surface area contributed by atoms with Gasteiger partial charge in [-0.25, -0.2) is 4.79 Å². The Hall–Kier alpha value is -1.20. The Labute approximate surface area is 121 Å². The number of thioether (sulfide) groups is 1. The van der Waals surface area contributed by atoms with Gasteiger partial charge in [-0.15, -0.1) is 0 Å². The lowest BCUT2D eigenvalue weighted by molar-refractivity contribution is -0.141. The number of carboxylic acids is 1. The van der Waals surface area contributed by atoms with E-state index in [0.717, 1.165) is 11.3 Å². The molecule has 0 saturated heterocycles. The molecule has 2 N–H and O–H groups in total. The topological polar surface area (TPSA) is 66.4 Å². The van der Waals surface area contributed by atoms with Crippen LogP contribution in [0.5, 0.6) is 0 Å². The van der Waals surface area contributed by atoms with Crippen LogP contribution in [0.4, 0.5) is 0 Å². The Morgan fingerprint density at radius 1 is 1.37 bits per heavy atom. The molecule has 0 bridgehead atoms. The fourth-order valence-corrected chi connectivity index (χ4v) is 2.58. The van der Waals surface area contributed by atoms with Gasteiger partial charge < -0.3 is 10.4 Å². The highest BCUT2D eigenvalue weighted by Gasteiger charge is 2.17. The molecule has 1 unspecified atom stereocenters. The van der Waals surface area contributed by atoms with Crippen molar-refractivity contribution in [2.45, 2.75) is 25.1 Å². The molecule has 1 aromatic rings. The third-order valence-corrected chi connectivity index (χ3v) is 3.72. The minimum atomic E-state index is -0.998. The van der Waals surface area contributed by atoms with Gasteiger partial charge in [0, 0.05) is 17.7 Å². The largest absolute Gasteiger partial charge is 0.480 e. The number of carboxylic acid groups (broad SMARTS) is 1. The summed E-state index contributed by atoms with van der Waals surface area (Å²) in [5, 5.41) is 12.0. The maximum atomic E-state index is 10.9. The molecule has 0 aromatic heterocycles. The van der Waals surface area contributed by atoms with E-state index in [4.69, 9.17) is 16.7 Å². The van der Waals surface area contributed by atoms with Crippen LogP contribution in [-0.2, 0) is 15.3 Å². The zero-order chi connectivity index (χ0) is 14.3. The summed E-state index contributed by atoms with van der Waals surface area (Å²) in [6.07, 6.45) is 0.410. The number of hydrogen-bond donors (Lipinski definition) is 2. The molecular formula is C13H16ClNO3S. The van der Waals surface area contributed by atoms with Crippen molar-refractivity contribution in [3.05, 3.63) is 34.9 Å². The predicted molar refractivity (Wildman–Crippen MR) is 77.5 cm³/mol. The van der Waals surface area contributed by atoms with Crippen LogP contribution in [0, 0.1) is 0 Å². The van der Waals surface area contributed by atoms with Crippen molar-refractivity contribution in [3.63, 3.8) is 0 Å². The molecule has 1 rings (SSSR count). The highest BCUT2D eigenvalue weighted by atomic mass is 35.5. The summed E-state index contributed by atoms with van der Waals surface area (Å²) >= 11 is 7.41. The average Bonchev–Trinajstić information content (AvgIpc) is 2.34. The van der Waals surface area contributed by atoms with Crippen LogP contribution < -0.4 is 5.32 Å². The molecule has 1 aromatic carbocycles. The number of rotatable bonds is 7. The minimum Gasteiger partial charge on any atom is -0.480 e. The Balaban J connectivity index is 2.30. The van der Waals surface area contributed by atoms with Crippen molar-refractivity contribution in [1.82, 2.24) is 5.32 Å². The van der Waals surface area contributed by atoms with Crippen molar-refractivity contribution in [3.8, 4) is 0 Å². The number of nitrogens with one attached hydrogen (secondary N) is 1. The van der Waals surface area contributed by atoms with Crippen molar-refractivity contribution < 1.29 is 14.7 Å². The summed E-state index contributed by atoms with van der Waals surface area (Å²) < 4.78 is 0. The van der Waals surface area contributed by atoms with Crippen LogP contribution in [0.15, 0.2) is 24.3 Å². The van der Waals surface area contributed by atoms with Gasteiger partial charge in [-0.3, -0.25) is 4.79 Å².